The topological polar surface area (TPSA) is 66.0 Å². The second-order valence-electron chi connectivity index (χ2n) is 2.95. The van der Waals surface area contributed by atoms with Crippen molar-refractivity contribution in [1.82, 2.24) is 4.57 Å². The molecule has 1 aromatic heterocycles. The lowest BCUT2D eigenvalue weighted by molar-refractivity contribution is -0.138. The minimum Gasteiger partial charge on any atom is -0.493 e. The van der Waals surface area contributed by atoms with Crippen LogP contribution in [0.25, 0.3) is 0 Å². The van der Waals surface area contributed by atoms with E-state index in [2.05, 4.69) is 0 Å². The molecule has 0 spiro atoms. The fraction of sp³-hybridized carbons (Fsp3) is 0.333. The first-order chi connectivity index (χ1) is 7.32. The fourth-order valence-electron chi connectivity index (χ4n) is 1.27. The number of nitrogens with zero attached hydrogens (tertiary/aromatic N) is 2. The Morgan fingerprint density at radius 1 is 1.56 bits per heavy atom. The Hall–Kier alpha value is -1.97. The number of aromatic nitrogens is 1. The summed E-state index contributed by atoms with van der Waals surface area (Å²) >= 11 is 0. The van der Waals surface area contributed by atoms with Crippen molar-refractivity contribution in [3.8, 4) is 11.9 Å². The maximum atomic E-state index is 12.4. The molecule has 86 valence electrons. The molecule has 0 amide bonds. The van der Waals surface area contributed by atoms with E-state index < -0.39 is 28.7 Å². The van der Waals surface area contributed by atoms with E-state index in [1.54, 1.807) is 0 Å². The Morgan fingerprint density at radius 3 is 2.50 bits per heavy atom. The highest BCUT2D eigenvalue weighted by atomic mass is 19.4. The lowest BCUT2D eigenvalue weighted by Crippen LogP contribution is -2.23. The van der Waals surface area contributed by atoms with E-state index in [1.807, 2.05) is 0 Å². The molecule has 0 saturated heterocycles. The van der Waals surface area contributed by atoms with Gasteiger partial charge in [0.2, 0.25) is 5.88 Å². The standard InChI is InChI=1S/C9H7F3N2O2/c1-2-14-7(15)3-6(9(10,11)12)5(4-13)8(14)16/h3,16H,2H2,1H3. The number of aromatic hydroxyl groups is 1. The maximum Gasteiger partial charge on any atom is 0.418 e. The molecular formula is C9H7F3N2O2. The number of alkyl halides is 3. The van der Waals surface area contributed by atoms with Crippen molar-refractivity contribution in [3.63, 3.8) is 0 Å². The zero-order chi connectivity index (χ0) is 12.5. The molecule has 0 fully saturated rings. The van der Waals surface area contributed by atoms with Crippen molar-refractivity contribution < 1.29 is 18.3 Å². The van der Waals surface area contributed by atoms with E-state index in [1.165, 1.54) is 13.0 Å². The van der Waals surface area contributed by atoms with Crippen LogP contribution >= 0.6 is 0 Å². The molecule has 0 radical (unpaired) electrons. The molecule has 16 heavy (non-hydrogen) atoms. The van der Waals surface area contributed by atoms with Gasteiger partial charge in [-0.05, 0) is 6.92 Å². The van der Waals surface area contributed by atoms with Crippen molar-refractivity contribution in [1.29, 1.82) is 5.26 Å². The molecule has 4 nitrogen and oxygen atoms in total. The summed E-state index contributed by atoms with van der Waals surface area (Å²) in [6, 6.07) is 1.55. The van der Waals surface area contributed by atoms with E-state index in [9.17, 15) is 23.1 Å². The van der Waals surface area contributed by atoms with E-state index in [0.717, 1.165) is 0 Å². The van der Waals surface area contributed by atoms with Gasteiger partial charge < -0.3 is 5.11 Å². The number of rotatable bonds is 1. The molecule has 1 aromatic rings. The van der Waals surface area contributed by atoms with Crippen molar-refractivity contribution in [2.24, 2.45) is 0 Å². The number of hydrogen-bond acceptors (Lipinski definition) is 3. The van der Waals surface area contributed by atoms with Crippen LogP contribution in [0.1, 0.15) is 18.1 Å². The molecule has 1 rings (SSSR count). The zero-order valence-electron chi connectivity index (χ0n) is 8.17. The maximum absolute atomic E-state index is 12.4. The first-order valence-corrected chi connectivity index (χ1v) is 4.27. The zero-order valence-corrected chi connectivity index (χ0v) is 8.17. The summed E-state index contributed by atoms with van der Waals surface area (Å²) in [5.41, 5.74) is -3.34. The molecule has 1 N–H and O–H groups in total. The number of halogens is 3. The summed E-state index contributed by atoms with van der Waals surface area (Å²) in [7, 11) is 0. The number of pyridine rings is 1. The molecule has 1 heterocycles. The lowest BCUT2D eigenvalue weighted by Gasteiger charge is -2.12. The van der Waals surface area contributed by atoms with Gasteiger partial charge in [-0.25, -0.2) is 0 Å². The molecule has 0 aromatic carbocycles. The number of nitriles is 1. The van der Waals surface area contributed by atoms with Crippen LogP contribution in [0.5, 0.6) is 5.88 Å². The molecule has 0 aliphatic carbocycles. The molecular weight excluding hydrogens is 225 g/mol. The van der Waals surface area contributed by atoms with Gasteiger partial charge in [0.15, 0.2) is 0 Å². The van der Waals surface area contributed by atoms with Gasteiger partial charge in [0.1, 0.15) is 11.6 Å². The first-order valence-electron chi connectivity index (χ1n) is 4.27. The highest BCUT2D eigenvalue weighted by molar-refractivity contribution is 5.45. The van der Waals surface area contributed by atoms with Crippen LogP contribution in [-0.4, -0.2) is 9.67 Å². The van der Waals surface area contributed by atoms with E-state index >= 15 is 0 Å². The third-order valence-electron chi connectivity index (χ3n) is 2.02. The second-order valence-corrected chi connectivity index (χ2v) is 2.95. The van der Waals surface area contributed by atoms with Crippen LogP contribution < -0.4 is 5.56 Å². The smallest absolute Gasteiger partial charge is 0.418 e. The van der Waals surface area contributed by atoms with E-state index in [0.29, 0.717) is 10.6 Å². The average molecular weight is 232 g/mol. The van der Waals surface area contributed by atoms with Gasteiger partial charge in [0, 0.05) is 12.6 Å². The van der Waals surface area contributed by atoms with Crippen LogP contribution in [0.4, 0.5) is 13.2 Å². The second kappa shape index (κ2) is 3.89. The van der Waals surface area contributed by atoms with Crippen molar-refractivity contribution in [2.75, 3.05) is 0 Å². The fourth-order valence-corrected chi connectivity index (χ4v) is 1.27. The molecule has 0 atom stereocenters. The minimum atomic E-state index is -4.84. The Labute approximate surface area is 88.2 Å². The van der Waals surface area contributed by atoms with Gasteiger partial charge in [0.05, 0.1) is 5.56 Å². The Balaban J connectivity index is 3.69. The van der Waals surface area contributed by atoms with Gasteiger partial charge in [-0.1, -0.05) is 0 Å². The summed E-state index contributed by atoms with van der Waals surface area (Å²) in [6.07, 6.45) is -4.84. The number of hydrogen-bond donors (Lipinski definition) is 1. The van der Waals surface area contributed by atoms with Crippen LogP contribution in [0, 0.1) is 11.3 Å². The summed E-state index contributed by atoms with van der Waals surface area (Å²) < 4.78 is 38.0. The predicted octanol–water partition coefficient (Wildman–Crippen LogP) is 1.46. The first kappa shape index (κ1) is 12.1. The molecule has 0 aliphatic rings. The van der Waals surface area contributed by atoms with Crippen molar-refractivity contribution in [3.05, 3.63) is 27.5 Å². The molecule has 0 unspecified atom stereocenters. The highest BCUT2D eigenvalue weighted by Gasteiger charge is 2.36. The quantitative estimate of drug-likeness (QED) is 0.797. The van der Waals surface area contributed by atoms with Crippen LogP contribution in [0.15, 0.2) is 10.9 Å². The van der Waals surface area contributed by atoms with Gasteiger partial charge in [-0.3, -0.25) is 9.36 Å². The van der Waals surface area contributed by atoms with Crippen molar-refractivity contribution >= 4 is 0 Å². The SMILES string of the molecule is CCn1c(O)c(C#N)c(C(F)(F)F)cc1=O. The van der Waals surface area contributed by atoms with Gasteiger partial charge in [0.25, 0.3) is 5.56 Å². The molecule has 0 bridgehead atoms. The van der Waals surface area contributed by atoms with E-state index in [-0.39, 0.29) is 6.54 Å². The molecule has 0 aliphatic heterocycles. The normalized spacial score (nSPS) is 11.2. The Bertz CT molecular complexity index is 511. The molecule has 0 saturated carbocycles. The van der Waals surface area contributed by atoms with Crippen LogP contribution in [0.2, 0.25) is 0 Å². The van der Waals surface area contributed by atoms with Gasteiger partial charge in [-0.2, -0.15) is 18.4 Å². The van der Waals surface area contributed by atoms with Crippen LogP contribution in [-0.2, 0) is 12.7 Å². The van der Waals surface area contributed by atoms with Gasteiger partial charge in [-0.15, -0.1) is 0 Å². The summed E-state index contributed by atoms with van der Waals surface area (Å²) in [5, 5.41) is 17.9. The van der Waals surface area contributed by atoms with E-state index in [4.69, 9.17) is 5.26 Å². The lowest BCUT2D eigenvalue weighted by atomic mass is 10.1. The van der Waals surface area contributed by atoms with Crippen molar-refractivity contribution in [2.45, 2.75) is 19.6 Å². The van der Waals surface area contributed by atoms with Gasteiger partial charge >= 0.3 is 6.18 Å². The summed E-state index contributed by atoms with van der Waals surface area (Å²) in [5.74, 6) is -0.954. The Morgan fingerprint density at radius 2 is 2.12 bits per heavy atom. The third-order valence-corrected chi connectivity index (χ3v) is 2.02. The third kappa shape index (κ3) is 1.86. The monoisotopic (exact) mass is 232 g/mol. The largest absolute Gasteiger partial charge is 0.493 e. The Kier molecular flexibility index (Phi) is 2.94. The van der Waals surface area contributed by atoms with Crippen LogP contribution in [0.3, 0.4) is 0 Å². The summed E-state index contributed by atoms with van der Waals surface area (Å²) in [4.78, 5) is 11.2. The predicted molar refractivity (Wildman–Crippen MR) is 47.8 cm³/mol. The summed E-state index contributed by atoms with van der Waals surface area (Å²) in [6.45, 7) is 1.45. The highest BCUT2D eigenvalue weighted by Crippen LogP contribution is 2.33. The average Bonchev–Trinajstić information content (AvgIpc) is 2.16. The molecule has 7 heteroatoms. The minimum absolute atomic E-state index is 0.0164.